The first-order valence-electron chi connectivity index (χ1n) is 7.76. The van der Waals surface area contributed by atoms with Crippen molar-refractivity contribution in [3.8, 4) is 0 Å². The summed E-state index contributed by atoms with van der Waals surface area (Å²) in [5.41, 5.74) is 1.27. The molecular weight excluding hydrogens is 269 g/mol. The number of benzene rings is 1. The number of halogens is 1. The van der Waals surface area contributed by atoms with E-state index in [1.165, 1.54) is 12.5 Å². The fraction of sp³-hybridized carbons (Fsp3) is 0.647. The van der Waals surface area contributed by atoms with Crippen LogP contribution in [0.15, 0.2) is 18.2 Å². The van der Waals surface area contributed by atoms with Gasteiger partial charge in [0.2, 0.25) is 0 Å². The number of rotatable bonds is 6. The van der Waals surface area contributed by atoms with E-state index in [1.807, 2.05) is 0 Å². The number of ether oxygens (including phenoxy) is 1. The summed E-state index contributed by atoms with van der Waals surface area (Å²) < 4.78 is 19.0. The number of nitrogens with zero attached hydrogens (tertiary/aromatic N) is 1. The van der Waals surface area contributed by atoms with E-state index >= 15 is 0 Å². The molecule has 0 saturated carbocycles. The summed E-state index contributed by atoms with van der Waals surface area (Å²) in [4.78, 5) is 2.23. The Kier molecular flexibility index (Phi) is 6.15. The molecular formula is C17H26FNO2. The fourth-order valence-corrected chi connectivity index (χ4v) is 2.81. The zero-order valence-electron chi connectivity index (χ0n) is 13.0. The monoisotopic (exact) mass is 295 g/mol. The lowest BCUT2D eigenvalue weighted by Gasteiger charge is -2.27. The molecule has 1 heterocycles. The SMILES string of the molecule is Cc1ccc(C(O)CCN(C)CC2CCCOC2)cc1F. The molecule has 118 valence electrons. The summed E-state index contributed by atoms with van der Waals surface area (Å²) in [7, 11) is 2.07. The van der Waals surface area contributed by atoms with Crippen LogP contribution in [0.2, 0.25) is 0 Å². The Morgan fingerprint density at radius 1 is 1.48 bits per heavy atom. The van der Waals surface area contributed by atoms with Gasteiger partial charge in [-0.15, -0.1) is 0 Å². The van der Waals surface area contributed by atoms with E-state index in [0.29, 0.717) is 23.5 Å². The predicted molar refractivity (Wildman–Crippen MR) is 81.8 cm³/mol. The van der Waals surface area contributed by atoms with Crippen molar-refractivity contribution >= 4 is 0 Å². The molecule has 1 aliphatic heterocycles. The Balaban J connectivity index is 1.77. The van der Waals surface area contributed by atoms with Crippen molar-refractivity contribution in [3.05, 3.63) is 35.1 Å². The second-order valence-electron chi connectivity index (χ2n) is 6.16. The summed E-state index contributed by atoms with van der Waals surface area (Å²) in [5.74, 6) is 0.344. The molecule has 21 heavy (non-hydrogen) atoms. The minimum absolute atomic E-state index is 0.251. The molecule has 0 aromatic heterocycles. The van der Waals surface area contributed by atoms with Gasteiger partial charge < -0.3 is 14.7 Å². The van der Waals surface area contributed by atoms with E-state index in [0.717, 1.165) is 32.7 Å². The van der Waals surface area contributed by atoms with Gasteiger partial charge in [-0.05, 0) is 56.3 Å². The van der Waals surface area contributed by atoms with E-state index < -0.39 is 6.10 Å². The maximum atomic E-state index is 13.5. The van der Waals surface area contributed by atoms with Crippen LogP contribution in [0.1, 0.15) is 36.5 Å². The zero-order chi connectivity index (χ0) is 15.2. The van der Waals surface area contributed by atoms with Gasteiger partial charge in [-0.3, -0.25) is 0 Å². The molecule has 0 amide bonds. The summed E-state index contributed by atoms with van der Waals surface area (Å²) in [5, 5.41) is 10.2. The molecule has 1 fully saturated rings. The number of aliphatic hydroxyl groups is 1. The molecule has 0 radical (unpaired) electrons. The van der Waals surface area contributed by atoms with Gasteiger partial charge in [-0.25, -0.2) is 4.39 Å². The van der Waals surface area contributed by atoms with Crippen molar-refractivity contribution in [2.45, 2.75) is 32.3 Å². The van der Waals surface area contributed by atoms with Crippen LogP contribution in [-0.2, 0) is 4.74 Å². The van der Waals surface area contributed by atoms with Gasteiger partial charge in [-0.2, -0.15) is 0 Å². The van der Waals surface area contributed by atoms with E-state index in [9.17, 15) is 9.50 Å². The first kappa shape index (κ1) is 16.4. The topological polar surface area (TPSA) is 32.7 Å². The van der Waals surface area contributed by atoms with Crippen molar-refractivity contribution in [1.82, 2.24) is 4.90 Å². The van der Waals surface area contributed by atoms with Crippen molar-refractivity contribution in [1.29, 1.82) is 0 Å². The molecule has 1 N–H and O–H groups in total. The van der Waals surface area contributed by atoms with Gasteiger partial charge in [0.25, 0.3) is 0 Å². The van der Waals surface area contributed by atoms with Gasteiger partial charge >= 0.3 is 0 Å². The quantitative estimate of drug-likeness (QED) is 0.876. The summed E-state index contributed by atoms with van der Waals surface area (Å²) in [6, 6.07) is 4.96. The van der Waals surface area contributed by atoms with Gasteiger partial charge in [0.1, 0.15) is 5.82 Å². The first-order chi connectivity index (χ1) is 10.1. The molecule has 2 atom stereocenters. The molecule has 0 bridgehead atoms. The molecule has 0 spiro atoms. The number of hydrogen-bond donors (Lipinski definition) is 1. The predicted octanol–water partition coefficient (Wildman–Crippen LogP) is 2.92. The standard InChI is InChI=1S/C17H26FNO2/c1-13-5-6-15(10-16(13)18)17(20)7-8-19(2)11-14-4-3-9-21-12-14/h5-6,10,14,17,20H,3-4,7-9,11-12H2,1-2H3. The average molecular weight is 295 g/mol. The zero-order valence-corrected chi connectivity index (χ0v) is 13.0. The Morgan fingerprint density at radius 3 is 2.95 bits per heavy atom. The van der Waals surface area contributed by atoms with E-state index in [1.54, 1.807) is 19.1 Å². The second-order valence-corrected chi connectivity index (χ2v) is 6.16. The summed E-state index contributed by atoms with van der Waals surface area (Å²) in [6.45, 7) is 5.25. The van der Waals surface area contributed by atoms with Gasteiger partial charge in [0.15, 0.2) is 0 Å². The minimum atomic E-state index is -0.606. The van der Waals surface area contributed by atoms with E-state index in [-0.39, 0.29) is 5.82 Å². The maximum Gasteiger partial charge on any atom is 0.126 e. The highest BCUT2D eigenvalue weighted by Gasteiger charge is 2.17. The van der Waals surface area contributed by atoms with Crippen molar-refractivity contribution in [2.75, 3.05) is 33.4 Å². The Labute approximate surface area is 126 Å². The number of hydrogen-bond acceptors (Lipinski definition) is 3. The number of aryl methyl sites for hydroxylation is 1. The van der Waals surface area contributed by atoms with Crippen LogP contribution in [0.25, 0.3) is 0 Å². The smallest absolute Gasteiger partial charge is 0.126 e. The molecule has 1 aromatic carbocycles. The van der Waals surface area contributed by atoms with Crippen molar-refractivity contribution in [2.24, 2.45) is 5.92 Å². The van der Waals surface area contributed by atoms with Crippen LogP contribution in [0, 0.1) is 18.7 Å². The molecule has 2 rings (SSSR count). The molecule has 1 aromatic rings. The molecule has 3 nitrogen and oxygen atoms in total. The lowest BCUT2D eigenvalue weighted by molar-refractivity contribution is 0.0399. The lowest BCUT2D eigenvalue weighted by atomic mass is 10.0. The van der Waals surface area contributed by atoms with Crippen LogP contribution in [-0.4, -0.2) is 43.4 Å². The van der Waals surface area contributed by atoms with Gasteiger partial charge in [-0.1, -0.05) is 12.1 Å². The molecule has 4 heteroatoms. The molecule has 1 saturated heterocycles. The minimum Gasteiger partial charge on any atom is -0.388 e. The molecule has 2 unspecified atom stereocenters. The normalized spacial score (nSPS) is 20.7. The van der Waals surface area contributed by atoms with Crippen LogP contribution in [0.4, 0.5) is 4.39 Å². The third kappa shape index (κ3) is 5.06. The summed E-state index contributed by atoms with van der Waals surface area (Å²) in [6.07, 6.45) is 2.37. The van der Waals surface area contributed by atoms with Crippen LogP contribution in [0.3, 0.4) is 0 Å². The van der Waals surface area contributed by atoms with Gasteiger partial charge in [0, 0.05) is 19.7 Å². The molecule has 0 aliphatic carbocycles. The average Bonchev–Trinajstić information content (AvgIpc) is 2.48. The van der Waals surface area contributed by atoms with Crippen molar-refractivity contribution in [3.63, 3.8) is 0 Å². The number of aliphatic hydroxyl groups excluding tert-OH is 1. The summed E-state index contributed by atoms with van der Waals surface area (Å²) >= 11 is 0. The first-order valence-corrected chi connectivity index (χ1v) is 7.76. The van der Waals surface area contributed by atoms with Crippen LogP contribution in [0.5, 0.6) is 0 Å². The highest BCUT2D eigenvalue weighted by Crippen LogP contribution is 2.20. The second kappa shape index (κ2) is 7.87. The lowest BCUT2D eigenvalue weighted by Crippen LogP contribution is -2.32. The third-order valence-electron chi connectivity index (χ3n) is 4.19. The van der Waals surface area contributed by atoms with E-state index in [2.05, 4.69) is 11.9 Å². The largest absolute Gasteiger partial charge is 0.388 e. The maximum absolute atomic E-state index is 13.5. The molecule has 1 aliphatic rings. The fourth-order valence-electron chi connectivity index (χ4n) is 2.81. The van der Waals surface area contributed by atoms with E-state index in [4.69, 9.17) is 4.74 Å². The van der Waals surface area contributed by atoms with Gasteiger partial charge in [0.05, 0.1) is 12.7 Å². The highest BCUT2D eigenvalue weighted by molar-refractivity contribution is 5.24. The van der Waals surface area contributed by atoms with Crippen LogP contribution >= 0.6 is 0 Å². The Bertz CT molecular complexity index is 446. The Hall–Kier alpha value is -0.970. The Morgan fingerprint density at radius 2 is 2.29 bits per heavy atom. The van der Waals surface area contributed by atoms with Crippen molar-refractivity contribution < 1.29 is 14.2 Å². The highest BCUT2D eigenvalue weighted by atomic mass is 19.1. The third-order valence-corrected chi connectivity index (χ3v) is 4.19. The van der Waals surface area contributed by atoms with Crippen LogP contribution < -0.4 is 0 Å².